The fourth-order valence-electron chi connectivity index (χ4n) is 4.17. The molecule has 4 rings (SSSR count). The summed E-state index contributed by atoms with van der Waals surface area (Å²) in [5, 5.41) is 3.36. The van der Waals surface area contributed by atoms with Crippen LogP contribution in [0.4, 0.5) is 10.1 Å². The van der Waals surface area contributed by atoms with Gasteiger partial charge in [0.25, 0.3) is 0 Å². The van der Waals surface area contributed by atoms with Crippen LogP contribution in [0.1, 0.15) is 24.1 Å². The molecular formula is C21H24FN3O. The quantitative estimate of drug-likeness (QED) is 0.922. The van der Waals surface area contributed by atoms with Crippen molar-refractivity contribution >= 4 is 11.6 Å². The van der Waals surface area contributed by atoms with E-state index in [9.17, 15) is 9.18 Å². The topological polar surface area (TPSA) is 35.6 Å². The number of halogens is 1. The molecular weight excluding hydrogens is 329 g/mol. The number of nitrogens with one attached hydrogen (secondary N) is 1. The Morgan fingerprint density at radius 3 is 2.92 bits per heavy atom. The molecule has 0 radical (unpaired) electrons. The van der Waals surface area contributed by atoms with Gasteiger partial charge in [0.15, 0.2) is 0 Å². The maximum absolute atomic E-state index is 13.7. The van der Waals surface area contributed by atoms with Crippen molar-refractivity contribution in [2.45, 2.75) is 25.4 Å². The van der Waals surface area contributed by atoms with Gasteiger partial charge < -0.3 is 10.2 Å². The Morgan fingerprint density at radius 2 is 2.08 bits per heavy atom. The van der Waals surface area contributed by atoms with Crippen LogP contribution in [0.3, 0.4) is 0 Å². The second kappa shape index (κ2) is 7.17. The molecule has 2 atom stereocenters. The van der Waals surface area contributed by atoms with Crippen LogP contribution in [0.15, 0.2) is 48.5 Å². The molecule has 4 nitrogen and oxygen atoms in total. The van der Waals surface area contributed by atoms with Gasteiger partial charge in [0.05, 0.1) is 6.54 Å². The molecule has 2 aliphatic rings. The van der Waals surface area contributed by atoms with Crippen molar-refractivity contribution in [3.8, 4) is 0 Å². The maximum Gasteiger partial charge on any atom is 0.241 e. The molecule has 2 aromatic carbocycles. The van der Waals surface area contributed by atoms with Crippen molar-refractivity contribution in [3.63, 3.8) is 0 Å². The lowest BCUT2D eigenvalue weighted by Crippen LogP contribution is -2.51. The number of hydrogen-bond donors (Lipinski definition) is 1. The number of hydrogen-bond acceptors (Lipinski definition) is 3. The average Bonchev–Trinajstić information content (AvgIpc) is 2.98. The van der Waals surface area contributed by atoms with E-state index in [2.05, 4.69) is 23.2 Å². The fraction of sp³-hybridized carbons (Fsp3) is 0.381. The molecule has 2 unspecified atom stereocenters. The van der Waals surface area contributed by atoms with Crippen molar-refractivity contribution in [1.29, 1.82) is 0 Å². The first-order valence-corrected chi connectivity index (χ1v) is 9.23. The highest BCUT2D eigenvalue weighted by atomic mass is 19.1. The SMILES string of the molecule is CC1Cc2ccccc2N1C(=O)CN1CCNCC1c1cccc(F)c1. The molecule has 2 heterocycles. The number of benzene rings is 2. The summed E-state index contributed by atoms with van der Waals surface area (Å²) in [4.78, 5) is 17.2. The zero-order chi connectivity index (χ0) is 18.1. The Bertz CT molecular complexity index is 809. The second-order valence-corrected chi connectivity index (χ2v) is 7.19. The van der Waals surface area contributed by atoms with Gasteiger partial charge in [-0.1, -0.05) is 30.3 Å². The first-order chi connectivity index (χ1) is 12.6. The van der Waals surface area contributed by atoms with Gasteiger partial charge >= 0.3 is 0 Å². The summed E-state index contributed by atoms with van der Waals surface area (Å²) in [6, 6.07) is 15.0. The lowest BCUT2D eigenvalue weighted by molar-refractivity contribution is -0.120. The predicted octanol–water partition coefficient (Wildman–Crippen LogP) is 2.75. The number of fused-ring (bicyclic) bond motifs is 1. The molecule has 136 valence electrons. The summed E-state index contributed by atoms with van der Waals surface area (Å²) >= 11 is 0. The number of carbonyl (C=O) groups excluding carboxylic acids is 1. The number of piperazine rings is 1. The Labute approximate surface area is 153 Å². The number of nitrogens with zero attached hydrogens (tertiary/aromatic N) is 2. The minimum atomic E-state index is -0.235. The average molecular weight is 353 g/mol. The van der Waals surface area contributed by atoms with Gasteiger partial charge in [-0.2, -0.15) is 0 Å². The lowest BCUT2D eigenvalue weighted by atomic mass is 10.0. The van der Waals surface area contributed by atoms with Gasteiger partial charge in [-0.3, -0.25) is 9.69 Å². The summed E-state index contributed by atoms with van der Waals surface area (Å²) in [6.07, 6.45) is 0.900. The van der Waals surface area contributed by atoms with Gasteiger partial charge in [-0.25, -0.2) is 4.39 Å². The van der Waals surface area contributed by atoms with Crippen molar-refractivity contribution in [3.05, 3.63) is 65.5 Å². The zero-order valence-electron chi connectivity index (χ0n) is 15.0. The molecule has 5 heteroatoms. The molecule has 1 saturated heterocycles. The second-order valence-electron chi connectivity index (χ2n) is 7.19. The predicted molar refractivity (Wildman–Crippen MR) is 101 cm³/mol. The molecule has 26 heavy (non-hydrogen) atoms. The highest BCUT2D eigenvalue weighted by Gasteiger charge is 2.33. The number of para-hydroxylation sites is 1. The van der Waals surface area contributed by atoms with E-state index in [1.807, 2.05) is 29.2 Å². The molecule has 1 fully saturated rings. The minimum absolute atomic E-state index is 0.0107. The zero-order valence-corrected chi connectivity index (χ0v) is 15.0. The van der Waals surface area contributed by atoms with Crippen LogP contribution >= 0.6 is 0 Å². The Hall–Kier alpha value is -2.24. The van der Waals surface area contributed by atoms with Crippen LogP contribution in [-0.4, -0.2) is 43.0 Å². The summed E-state index contributed by atoms with van der Waals surface area (Å²) in [6.45, 7) is 4.78. The van der Waals surface area contributed by atoms with Crippen molar-refractivity contribution in [1.82, 2.24) is 10.2 Å². The number of anilines is 1. The molecule has 0 bridgehead atoms. The van der Waals surface area contributed by atoms with Crippen LogP contribution in [0, 0.1) is 5.82 Å². The monoisotopic (exact) mass is 353 g/mol. The normalized spacial score (nSPS) is 23.1. The Kier molecular flexibility index (Phi) is 4.74. The first kappa shape index (κ1) is 17.2. The van der Waals surface area contributed by atoms with Gasteiger partial charge in [0.2, 0.25) is 5.91 Å². The molecule has 0 aromatic heterocycles. The lowest BCUT2D eigenvalue weighted by Gasteiger charge is -2.37. The summed E-state index contributed by atoms with van der Waals surface area (Å²) in [7, 11) is 0. The molecule has 2 aromatic rings. The fourth-order valence-corrected chi connectivity index (χ4v) is 4.17. The van der Waals surface area contributed by atoms with E-state index < -0.39 is 0 Å². The van der Waals surface area contributed by atoms with Crippen molar-refractivity contribution in [2.24, 2.45) is 0 Å². The number of amides is 1. The third-order valence-corrected chi connectivity index (χ3v) is 5.40. The first-order valence-electron chi connectivity index (χ1n) is 9.23. The Balaban J connectivity index is 1.54. The molecule has 1 amide bonds. The molecule has 0 saturated carbocycles. The number of rotatable bonds is 3. The van der Waals surface area contributed by atoms with Crippen LogP contribution in [0.2, 0.25) is 0 Å². The van der Waals surface area contributed by atoms with Gasteiger partial charge in [-0.15, -0.1) is 0 Å². The summed E-state index contributed by atoms with van der Waals surface area (Å²) in [5.74, 6) is -0.118. The highest BCUT2D eigenvalue weighted by molar-refractivity contribution is 5.97. The van der Waals surface area contributed by atoms with Gasteiger partial charge in [0.1, 0.15) is 5.82 Å². The summed E-state index contributed by atoms with van der Waals surface area (Å²) in [5.41, 5.74) is 3.18. The van der Waals surface area contributed by atoms with Crippen LogP contribution in [0.5, 0.6) is 0 Å². The standard InChI is InChI=1S/C21H24FN3O/c1-15-11-16-5-2-3-8-19(16)25(15)21(26)14-24-10-9-23-13-20(24)17-6-4-7-18(22)12-17/h2-8,12,15,20,23H,9-11,13-14H2,1H3. The highest BCUT2D eigenvalue weighted by Crippen LogP contribution is 2.32. The van der Waals surface area contributed by atoms with E-state index in [1.165, 1.54) is 11.6 Å². The van der Waals surface area contributed by atoms with Crippen LogP contribution in [-0.2, 0) is 11.2 Å². The van der Waals surface area contributed by atoms with Crippen molar-refractivity contribution in [2.75, 3.05) is 31.1 Å². The third-order valence-electron chi connectivity index (χ3n) is 5.40. The molecule has 0 spiro atoms. The van der Waals surface area contributed by atoms with E-state index in [1.54, 1.807) is 12.1 Å². The van der Waals surface area contributed by atoms with E-state index in [0.717, 1.165) is 37.3 Å². The van der Waals surface area contributed by atoms with Gasteiger partial charge in [-0.05, 0) is 42.7 Å². The molecule has 0 aliphatic carbocycles. The summed E-state index contributed by atoms with van der Waals surface area (Å²) < 4.78 is 13.7. The molecule has 2 aliphatic heterocycles. The van der Waals surface area contributed by atoms with E-state index in [-0.39, 0.29) is 23.8 Å². The van der Waals surface area contributed by atoms with Crippen LogP contribution in [0.25, 0.3) is 0 Å². The van der Waals surface area contributed by atoms with Gasteiger partial charge in [0, 0.05) is 37.4 Å². The van der Waals surface area contributed by atoms with E-state index >= 15 is 0 Å². The molecule has 1 N–H and O–H groups in total. The number of carbonyl (C=O) groups is 1. The minimum Gasteiger partial charge on any atom is -0.314 e. The van der Waals surface area contributed by atoms with E-state index in [4.69, 9.17) is 0 Å². The largest absolute Gasteiger partial charge is 0.314 e. The maximum atomic E-state index is 13.7. The Morgan fingerprint density at radius 1 is 1.23 bits per heavy atom. The van der Waals surface area contributed by atoms with Crippen molar-refractivity contribution < 1.29 is 9.18 Å². The van der Waals surface area contributed by atoms with E-state index in [0.29, 0.717) is 6.54 Å². The van der Waals surface area contributed by atoms with Crippen LogP contribution < -0.4 is 10.2 Å². The third kappa shape index (κ3) is 3.24. The smallest absolute Gasteiger partial charge is 0.241 e.